The van der Waals surface area contributed by atoms with E-state index < -0.39 is 0 Å². The second-order valence-electron chi connectivity index (χ2n) is 15.0. The third-order valence-corrected chi connectivity index (χ3v) is 13.7. The molecule has 3 aromatic carbocycles. The first-order valence-electron chi connectivity index (χ1n) is 17.8. The molecule has 5 aromatic rings. The normalized spacial score (nSPS) is 29.7. The van der Waals surface area contributed by atoms with Crippen molar-refractivity contribution < 1.29 is 20.1 Å². The maximum absolute atomic E-state index is 4.84. The topological polar surface area (TPSA) is 25.8 Å². The number of benzene rings is 3. The van der Waals surface area contributed by atoms with E-state index in [1.54, 1.807) is 5.56 Å². The first kappa shape index (κ1) is 29.7. The Labute approximate surface area is 292 Å². The molecule has 6 aliphatic rings. The van der Waals surface area contributed by atoms with Gasteiger partial charge in [-0.15, -0.1) is 64.7 Å². The average Bonchev–Trinajstić information content (AvgIpc) is 3.88. The van der Waals surface area contributed by atoms with Gasteiger partial charge < -0.3 is 9.97 Å². The summed E-state index contributed by atoms with van der Waals surface area (Å²) in [4.78, 5) is 9.59. The van der Waals surface area contributed by atoms with Crippen LogP contribution in [0.3, 0.4) is 0 Å². The van der Waals surface area contributed by atoms with Crippen molar-refractivity contribution in [3.8, 4) is 33.6 Å². The van der Waals surface area contributed by atoms with E-state index in [0.29, 0.717) is 21.7 Å². The van der Waals surface area contributed by atoms with E-state index >= 15 is 0 Å². The molecule has 3 heteroatoms. The van der Waals surface area contributed by atoms with E-state index in [0.717, 1.165) is 0 Å². The molecule has 0 bridgehead atoms. The summed E-state index contributed by atoms with van der Waals surface area (Å²) in [7, 11) is 0. The Balaban J connectivity index is 0.000000130. The zero-order chi connectivity index (χ0) is 30.4. The van der Waals surface area contributed by atoms with Gasteiger partial charge in [0.05, 0.1) is 0 Å². The van der Waals surface area contributed by atoms with Gasteiger partial charge in [-0.05, 0) is 70.9 Å². The van der Waals surface area contributed by atoms with E-state index in [1.165, 1.54) is 127 Å². The van der Waals surface area contributed by atoms with Gasteiger partial charge in [-0.1, -0.05) is 116 Å². The van der Waals surface area contributed by atoms with Crippen molar-refractivity contribution >= 4 is 0 Å². The fraction of sp³-hybridized carbons (Fsp3) is 0.364. The molecule has 0 N–H and O–H groups in total. The van der Waals surface area contributed by atoms with E-state index in [2.05, 4.69) is 91.0 Å². The molecule has 237 valence electrons. The van der Waals surface area contributed by atoms with Crippen LogP contribution in [0.2, 0.25) is 0 Å². The molecule has 0 spiro atoms. The van der Waals surface area contributed by atoms with Gasteiger partial charge in [0.15, 0.2) is 0 Å². The van der Waals surface area contributed by atoms with Crippen LogP contribution in [-0.2, 0) is 41.8 Å². The third-order valence-electron chi connectivity index (χ3n) is 13.7. The summed E-state index contributed by atoms with van der Waals surface area (Å²) in [6.07, 6.45) is 20.0. The van der Waals surface area contributed by atoms with Gasteiger partial charge in [-0.2, -0.15) is 0 Å². The van der Waals surface area contributed by atoms with Crippen molar-refractivity contribution in [2.75, 3.05) is 0 Å². The van der Waals surface area contributed by atoms with Crippen LogP contribution in [0.25, 0.3) is 33.6 Å². The van der Waals surface area contributed by atoms with Crippen LogP contribution in [0.1, 0.15) is 99.3 Å². The van der Waals surface area contributed by atoms with Gasteiger partial charge in [-0.25, -0.2) is 0 Å². The molecule has 2 aromatic heterocycles. The molecular weight excluding hydrogens is 749 g/mol. The zero-order valence-electron chi connectivity index (χ0n) is 27.0. The molecule has 0 aliphatic heterocycles. The predicted molar refractivity (Wildman–Crippen MR) is 185 cm³/mol. The van der Waals surface area contributed by atoms with Gasteiger partial charge in [0.25, 0.3) is 0 Å². The van der Waals surface area contributed by atoms with Crippen molar-refractivity contribution in [1.82, 2.24) is 9.97 Å². The summed E-state index contributed by atoms with van der Waals surface area (Å²) in [5.41, 5.74) is 15.0. The van der Waals surface area contributed by atoms with Gasteiger partial charge in [0.2, 0.25) is 0 Å². The van der Waals surface area contributed by atoms with E-state index in [-0.39, 0.29) is 20.1 Å². The Bertz CT molecular complexity index is 1910. The molecule has 0 atom stereocenters. The van der Waals surface area contributed by atoms with Crippen LogP contribution in [0.4, 0.5) is 0 Å². The van der Waals surface area contributed by atoms with Crippen LogP contribution in [0.5, 0.6) is 0 Å². The molecule has 2 heterocycles. The molecule has 11 rings (SSSR count). The molecule has 0 saturated heterocycles. The molecule has 0 unspecified atom stereocenters. The Morgan fingerprint density at radius 1 is 0.468 bits per heavy atom. The van der Waals surface area contributed by atoms with E-state index in [9.17, 15) is 0 Å². The SMILES string of the molecule is [Ir].[c-]1cc(-c2ccccc2)cc2c1-c1ncccc1C13CCCC21CCC3.[c-]1cccc2c1-c1ncccc1C13CCCC21CCC3. The minimum absolute atomic E-state index is 0. The van der Waals surface area contributed by atoms with Gasteiger partial charge in [0.1, 0.15) is 0 Å². The van der Waals surface area contributed by atoms with Crippen LogP contribution in [-0.4, -0.2) is 9.97 Å². The molecule has 1 radical (unpaired) electrons. The van der Waals surface area contributed by atoms with Crippen molar-refractivity contribution in [1.29, 1.82) is 0 Å². The summed E-state index contributed by atoms with van der Waals surface area (Å²) in [5, 5.41) is 0. The van der Waals surface area contributed by atoms with Crippen LogP contribution >= 0.6 is 0 Å². The first-order chi connectivity index (χ1) is 22.7. The Hall–Kier alpha value is -3.39. The molecular formula is C44H40IrN2-2. The molecule has 0 amide bonds. The number of hydrogen-bond donors (Lipinski definition) is 0. The fourth-order valence-corrected chi connectivity index (χ4v) is 12.2. The molecule has 47 heavy (non-hydrogen) atoms. The second-order valence-corrected chi connectivity index (χ2v) is 15.0. The summed E-state index contributed by atoms with van der Waals surface area (Å²) < 4.78 is 0. The number of fused-ring (bicyclic) bond motifs is 6. The number of hydrogen-bond acceptors (Lipinski definition) is 2. The summed E-state index contributed by atoms with van der Waals surface area (Å²) in [6, 6.07) is 38.1. The smallest absolute Gasteiger partial charge is 0.0161 e. The van der Waals surface area contributed by atoms with Crippen molar-refractivity contribution in [2.24, 2.45) is 0 Å². The number of rotatable bonds is 1. The second kappa shape index (κ2) is 10.8. The van der Waals surface area contributed by atoms with Gasteiger partial charge >= 0.3 is 0 Å². The number of nitrogens with zero attached hydrogens (tertiary/aromatic N) is 2. The Kier molecular flexibility index (Phi) is 6.84. The monoisotopic (exact) mass is 789 g/mol. The minimum atomic E-state index is 0. The standard InChI is InChI=1S/C25H22N.C19H18N.Ir/c1-2-7-18(8-3-1)19-10-11-20-22(17-19)25-14-5-12-24(25,13-6-15-25)21-9-4-16-26-23(20)21;1-2-7-15-14(6-1)17-16(8-3-13-20-17)19-11-4-9-18(15,19)10-5-12-19;/h1-4,7-10,16-17H,5-6,12-15H2;1-3,7-8,13H,4-5,9-12H2;/q2*-1;. The van der Waals surface area contributed by atoms with Gasteiger partial charge in [0, 0.05) is 32.5 Å². The largest absolute Gasteiger partial charge is 0.304 e. The summed E-state index contributed by atoms with van der Waals surface area (Å²) >= 11 is 0. The summed E-state index contributed by atoms with van der Waals surface area (Å²) in [6.45, 7) is 0. The van der Waals surface area contributed by atoms with E-state index in [1.807, 2.05) is 18.5 Å². The maximum Gasteiger partial charge on any atom is 0.0161 e. The first-order valence-corrected chi connectivity index (χ1v) is 17.8. The van der Waals surface area contributed by atoms with Crippen LogP contribution < -0.4 is 0 Å². The van der Waals surface area contributed by atoms with Gasteiger partial charge in [-0.3, -0.25) is 0 Å². The fourth-order valence-electron chi connectivity index (χ4n) is 12.2. The quantitative estimate of drug-likeness (QED) is 0.158. The molecule has 6 aliphatic carbocycles. The predicted octanol–water partition coefficient (Wildman–Crippen LogP) is 10.5. The Morgan fingerprint density at radius 2 is 0.957 bits per heavy atom. The molecule has 4 fully saturated rings. The third kappa shape index (κ3) is 3.77. The average molecular weight is 789 g/mol. The number of pyridine rings is 2. The van der Waals surface area contributed by atoms with Crippen molar-refractivity contribution in [2.45, 2.75) is 98.7 Å². The van der Waals surface area contributed by atoms with Crippen LogP contribution in [0.15, 0.2) is 97.3 Å². The minimum Gasteiger partial charge on any atom is -0.304 e. The van der Waals surface area contributed by atoms with Crippen LogP contribution in [0, 0.1) is 12.1 Å². The maximum atomic E-state index is 4.84. The molecule has 4 saturated carbocycles. The zero-order valence-corrected chi connectivity index (χ0v) is 29.3. The number of aromatic nitrogens is 2. The Morgan fingerprint density at radius 3 is 1.53 bits per heavy atom. The summed E-state index contributed by atoms with van der Waals surface area (Å²) in [5.74, 6) is 0. The van der Waals surface area contributed by atoms with Crippen molar-refractivity contribution in [3.63, 3.8) is 0 Å². The molecule has 2 nitrogen and oxygen atoms in total. The van der Waals surface area contributed by atoms with Crippen molar-refractivity contribution in [3.05, 3.63) is 132 Å². The van der Waals surface area contributed by atoms with E-state index in [4.69, 9.17) is 9.97 Å².